The maximum absolute atomic E-state index is 5.68. The molecule has 6 nitrogen and oxygen atoms in total. The summed E-state index contributed by atoms with van der Waals surface area (Å²) < 4.78 is 0. The highest BCUT2D eigenvalue weighted by Gasteiger charge is 1.96. The SMILES string of the molecule is CN(C)/C=C\N(C)C/N=N/c1ccc(Nc2ccc(N)cc2)cc1. The molecule has 0 aromatic heterocycles. The summed E-state index contributed by atoms with van der Waals surface area (Å²) in [6, 6.07) is 15.4. The number of azo groups is 1. The van der Waals surface area contributed by atoms with E-state index in [9.17, 15) is 0 Å². The van der Waals surface area contributed by atoms with Gasteiger partial charge in [-0.15, -0.1) is 0 Å². The van der Waals surface area contributed by atoms with E-state index in [4.69, 9.17) is 5.73 Å². The number of nitrogens with zero attached hydrogens (tertiary/aromatic N) is 4. The molecule has 0 spiro atoms. The van der Waals surface area contributed by atoms with Gasteiger partial charge in [-0.2, -0.15) is 10.2 Å². The number of hydrogen-bond donors (Lipinski definition) is 2. The molecule has 0 unspecified atom stereocenters. The molecule has 0 saturated heterocycles. The second-order valence-corrected chi connectivity index (χ2v) is 5.70. The minimum atomic E-state index is 0.510. The lowest BCUT2D eigenvalue weighted by Gasteiger charge is -2.11. The lowest BCUT2D eigenvalue weighted by Crippen LogP contribution is -2.12. The highest BCUT2D eigenvalue weighted by atomic mass is 15.2. The van der Waals surface area contributed by atoms with Crippen molar-refractivity contribution in [2.45, 2.75) is 0 Å². The van der Waals surface area contributed by atoms with Crippen LogP contribution >= 0.6 is 0 Å². The highest BCUT2D eigenvalue weighted by Crippen LogP contribution is 2.21. The fourth-order valence-electron chi connectivity index (χ4n) is 1.85. The quantitative estimate of drug-likeness (QED) is 0.596. The van der Waals surface area contributed by atoms with Gasteiger partial charge in [0.05, 0.1) is 5.69 Å². The van der Waals surface area contributed by atoms with Crippen LogP contribution in [0.15, 0.2) is 71.2 Å². The van der Waals surface area contributed by atoms with Gasteiger partial charge >= 0.3 is 0 Å². The third kappa shape index (κ3) is 6.00. The Morgan fingerprint density at radius 3 is 2.08 bits per heavy atom. The summed E-state index contributed by atoms with van der Waals surface area (Å²) in [7, 11) is 5.91. The second-order valence-electron chi connectivity index (χ2n) is 5.70. The van der Waals surface area contributed by atoms with Crippen molar-refractivity contribution in [3.05, 3.63) is 60.9 Å². The molecule has 2 aromatic carbocycles. The van der Waals surface area contributed by atoms with Crippen molar-refractivity contribution in [3.8, 4) is 0 Å². The molecule has 0 aliphatic rings. The van der Waals surface area contributed by atoms with Crippen LogP contribution in [-0.4, -0.2) is 37.6 Å². The Hall–Kier alpha value is -3.02. The van der Waals surface area contributed by atoms with Crippen LogP contribution in [0.2, 0.25) is 0 Å². The van der Waals surface area contributed by atoms with Gasteiger partial charge in [-0.25, -0.2) is 0 Å². The van der Waals surface area contributed by atoms with Crippen LogP contribution in [-0.2, 0) is 0 Å². The molecule has 0 saturated carbocycles. The minimum Gasteiger partial charge on any atom is -0.399 e. The van der Waals surface area contributed by atoms with Crippen LogP contribution in [0.3, 0.4) is 0 Å². The van der Waals surface area contributed by atoms with Gasteiger partial charge in [-0.05, 0) is 48.5 Å². The third-order valence-corrected chi connectivity index (χ3v) is 3.16. The van der Waals surface area contributed by atoms with Crippen molar-refractivity contribution in [2.75, 3.05) is 38.9 Å². The molecule has 0 aliphatic carbocycles. The highest BCUT2D eigenvalue weighted by molar-refractivity contribution is 5.63. The molecule has 6 heteroatoms. The van der Waals surface area contributed by atoms with E-state index in [-0.39, 0.29) is 0 Å². The van der Waals surface area contributed by atoms with E-state index in [0.717, 1.165) is 22.7 Å². The Kier molecular flexibility index (Phi) is 6.19. The van der Waals surface area contributed by atoms with Crippen LogP contribution in [0, 0.1) is 0 Å². The van der Waals surface area contributed by atoms with Gasteiger partial charge in [0.1, 0.15) is 6.67 Å². The summed E-state index contributed by atoms with van der Waals surface area (Å²) in [6.07, 6.45) is 3.92. The smallest absolute Gasteiger partial charge is 0.131 e. The first kappa shape index (κ1) is 17.3. The zero-order valence-electron chi connectivity index (χ0n) is 14.3. The molecule has 3 N–H and O–H groups in total. The number of anilines is 3. The fraction of sp³-hybridized carbons (Fsp3) is 0.222. The molecule has 0 amide bonds. The standard InChI is InChI=1S/C18H24N6/c1-23(2)12-13-24(3)14-20-22-18-10-8-17(9-11-18)21-16-6-4-15(19)5-7-16/h4-13,21H,14,19H2,1-3H3/b13-12-,22-20+. The summed E-state index contributed by atoms with van der Waals surface area (Å²) in [4.78, 5) is 3.93. The summed E-state index contributed by atoms with van der Waals surface area (Å²) in [6.45, 7) is 0.510. The largest absolute Gasteiger partial charge is 0.399 e. The van der Waals surface area contributed by atoms with Crippen LogP contribution < -0.4 is 11.1 Å². The Labute approximate surface area is 143 Å². The third-order valence-electron chi connectivity index (χ3n) is 3.16. The monoisotopic (exact) mass is 324 g/mol. The lowest BCUT2D eigenvalue weighted by atomic mass is 10.2. The number of benzene rings is 2. The lowest BCUT2D eigenvalue weighted by molar-refractivity contribution is 0.445. The Morgan fingerprint density at radius 1 is 0.917 bits per heavy atom. The van der Waals surface area contributed by atoms with Crippen molar-refractivity contribution in [2.24, 2.45) is 10.2 Å². The molecule has 0 bridgehead atoms. The summed E-state index contributed by atoms with van der Waals surface area (Å²) in [5.41, 5.74) is 9.24. The topological polar surface area (TPSA) is 69.2 Å². The molecule has 2 aromatic rings. The maximum Gasteiger partial charge on any atom is 0.131 e. The Balaban J connectivity index is 1.87. The molecule has 0 atom stereocenters. The molecule has 2 rings (SSSR count). The van der Waals surface area contributed by atoms with Crippen LogP contribution in [0.1, 0.15) is 0 Å². The summed E-state index contributed by atoms with van der Waals surface area (Å²) in [5, 5.41) is 11.7. The van der Waals surface area contributed by atoms with E-state index >= 15 is 0 Å². The molecular weight excluding hydrogens is 300 g/mol. The van der Waals surface area contributed by atoms with E-state index in [1.165, 1.54) is 0 Å². The average molecular weight is 324 g/mol. The normalized spacial score (nSPS) is 11.1. The number of nitrogens with two attached hydrogens (primary N) is 1. The fourth-order valence-corrected chi connectivity index (χ4v) is 1.85. The molecule has 0 aliphatic heterocycles. The minimum absolute atomic E-state index is 0.510. The van der Waals surface area contributed by atoms with E-state index < -0.39 is 0 Å². The summed E-state index contributed by atoms with van der Waals surface area (Å²) in [5.74, 6) is 0. The number of nitrogens with one attached hydrogen (secondary N) is 1. The Bertz CT molecular complexity index is 674. The first-order chi connectivity index (χ1) is 11.5. The predicted octanol–water partition coefficient (Wildman–Crippen LogP) is 4.02. The first-order valence-electron chi connectivity index (χ1n) is 7.68. The van der Waals surface area contributed by atoms with Gasteiger partial charge in [0.25, 0.3) is 0 Å². The molecular formula is C18H24N6. The van der Waals surface area contributed by atoms with Crippen molar-refractivity contribution in [1.82, 2.24) is 9.80 Å². The molecule has 0 heterocycles. The van der Waals surface area contributed by atoms with Crippen LogP contribution in [0.5, 0.6) is 0 Å². The number of rotatable bonds is 7. The zero-order valence-corrected chi connectivity index (χ0v) is 14.3. The van der Waals surface area contributed by atoms with Gasteiger partial charge in [-0.1, -0.05) is 0 Å². The van der Waals surface area contributed by atoms with Crippen molar-refractivity contribution >= 4 is 22.7 Å². The van der Waals surface area contributed by atoms with Gasteiger partial charge < -0.3 is 20.9 Å². The van der Waals surface area contributed by atoms with E-state index in [1.54, 1.807) is 0 Å². The number of hydrogen-bond acceptors (Lipinski definition) is 6. The average Bonchev–Trinajstić information content (AvgIpc) is 2.57. The molecule has 126 valence electrons. The van der Waals surface area contributed by atoms with Gasteiger partial charge in [-0.3, -0.25) is 0 Å². The molecule has 24 heavy (non-hydrogen) atoms. The van der Waals surface area contributed by atoms with Crippen molar-refractivity contribution in [3.63, 3.8) is 0 Å². The van der Waals surface area contributed by atoms with Crippen molar-refractivity contribution < 1.29 is 0 Å². The molecule has 0 fully saturated rings. The van der Waals surface area contributed by atoms with Crippen LogP contribution in [0.4, 0.5) is 22.7 Å². The van der Waals surface area contributed by atoms with Crippen LogP contribution in [0.25, 0.3) is 0 Å². The number of nitrogen functional groups attached to an aromatic ring is 1. The van der Waals surface area contributed by atoms with E-state index in [1.807, 2.05) is 91.9 Å². The van der Waals surface area contributed by atoms with Crippen molar-refractivity contribution in [1.29, 1.82) is 0 Å². The first-order valence-corrected chi connectivity index (χ1v) is 7.68. The van der Waals surface area contributed by atoms with E-state index in [0.29, 0.717) is 6.67 Å². The van der Waals surface area contributed by atoms with Gasteiger partial charge in [0, 0.05) is 50.6 Å². The predicted molar refractivity (Wildman–Crippen MR) is 101 cm³/mol. The maximum atomic E-state index is 5.68. The second kappa shape index (κ2) is 8.57. The van der Waals surface area contributed by atoms with Gasteiger partial charge in [0.15, 0.2) is 0 Å². The summed E-state index contributed by atoms with van der Waals surface area (Å²) >= 11 is 0. The zero-order chi connectivity index (χ0) is 17.4. The Morgan fingerprint density at radius 2 is 1.50 bits per heavy atom. The van der Waals surface area contributed by atoms with E-state index in [2.05, 4.69) is 15.5 Å². The van der Waals surface area contributed by atoms with Gasteiger partial charge in [0.2, 0.25) is 0 Å². The molecule has 0 radical (unpaired) electrons.